The predicted octanol–water partition coefficient (Wildman–Crippen LogP) is 3.65. The Morgan fingerprint density at radius 2 is 1.97 bits per heavy atom. The van der Waals surface area contributed by atoms with Gasteiger partial charge >= 0.3 is 0 Å². The highest BCUT2D eigenvalue weighted by atomic mass is 16.5. The quantitative estimate of drug-likeness (QED) is 0.527. The van der Waals surface area contributed by atoms with Crippen molar-refractivity contribution in [2.24, 2.45) is 11.3 Å². The van der Waals surface area contributed by atoms with Crippen molar-refractivity contribution in [1.82, 2.24) is 9.78 Å². The minimum Gasteiger partial charge on any atom is -0.381 e. The number of hydrogen-bond donors (Lipinski definition) is 0. The molecule has 0 N–H and O–H groups in total. The fourth-order valence-electron chi connectivity index (χ4n) is 4.10. The zero-order chi connectivity index (χ0) is 21.4. The maximum Gasteiger partial charge on any atom is 0.168 e. The van der Waals surface area contributed by atoms with Crippen LogP contribution in [-0.4, -0.2) is 42.2 Å². The lowest BCUT2D eigenvalue weighted by Gasteiger charge is -2.32. The van der Waals surface area contributed by atoms with E-state index >= 15 is 0 Å². The van der Waals surface area contributed by atoms with Gasteiger partial charge in [-0.15, -0.1) is 0 Å². The van der Waals surface area contributed by atoms with Crippen molar-refractivity contribution in [3.63, 3.8) is 0 Å². The third-order valence-electron chi connectivity index (χ3n) is 5.91. The number of carbonyl (C=O) groups is 2. The standard InChI is InChI=1S/C24H32N2O4/c1-3-26-23(15-27)21(14-24(18-28)9-11-29-12-10-24)22(25-26)13-19(2)16-30-17-20-7-5-4-6-8-20/h4-8,15,18-19H,3,9-14,16-17H2,1-2H3. The average molecular weight is 413 g/mol. The minimum atomic E-state index is -0.473. The molecule has 0 aliphatic carbocycles. The lowest BCUT2D eigenvalue weighted by Crippen LogP contribution is -2.33. The van der Waals surface area contributed by atoms with Crippen molar-refractivity contribution >= 4 is 12.6 Å². The monoisotopic (exact) mass is 412 g/mol. The van der Waals surface area contributed by atoms with Crippen LogP contribution >= 0.6 is 0 Å². The highest BCUT2D eigenvalue weighted by molar-refractivity contribution is 5.76. The van der Waals surface area contributed by atoms with E-state index in [4.69, 9.17) is 14.6 Å². The van der Waals surface area contributed by atoms with Crippen LogP contribution in [0.1, 0.15) is 54.0 Å². The van der Waals surface area contributed by atoms with Gasteiger partial charge in [-0.1, -0.05) is 37.3 Å². The number of nitrogens with zero attached hydrogens (tertiary/aromatic N) is 2. The first-order valence-electron chi connectivity index (χ1n) is 10.8. The highest BCUT2D eigenvalue weighted by Crippen LogP contribution is 2.34. The zero-order valence-electron chi connectivity index (χ0n) is 18.0. The maximum absolute atomic E-state index is 12.0. The molecule has 2 aromatic rings. The number of carbonyl (C=O) groups excluding carboxylic acids is 2. The number of benzene rings is 1. The number of aromatic nitrogens is 2. The SMILES string of the molecule is CCn1nc(CC(C)COCc2ccccc2)c(CC2(C=O)CCOCC2)c1C=O. The van der Waals surface area contributed by atoms with Gasteiger partial charge in [-0.3, -0.25) is 9.48 Å². The molecule has 0 radical (unpaired) electrons. The van der Waals surface area contributed by atoms with E-state index in [2.05, 4.69) is 19.1 Å². The number of aldehydes is 2. The number of hydrogen-bond acceptors (Lipinski definition) is 5. The molecule has 1 atom stereocenters. The van der Waals surface area contributed by atoms with Crippen LogP contribution in [-0.2, 0) is 40.3 Å². The van der Waals surface area contributed by atoms with E-state index in [-0.39, 0.29) is 5.92 Å². The summed E-state index contributed by atoms with van der Waals surface area (Å²) in [6.07, 6.45) is 4.56. The fraction of sp³-hybridized carbons (Fsp3) is 0.542. The molecule has 0 spiro atoms. The molecule has 2 heterocycles. The maximum atomic E-state index is 12.0. The van der Waals surface area contributed by atoms with E-state index in [1.807, 2.05) is 25.1 Å². The van der Waals surface area contributed by atoms with Gasteiger partial charge in [-0.2, -0.15) is 5.10 Å². The normalized spacial score (nSPS) is 16.9. The Morgan fingerprint density at radius 1 is 1.23 bits per heavy atom. The van der Waals surface area contributed by atoms with Crippen LogP contribution in [0.3, 0.4) is 0 Å². The van der Waals surface area contributed by atoms with Gasteiger partial charge in [0.1, 0.15) is 12.0 Å². The molecule has 1 fully saturated rings. The molecule has 162 valence electrons. The first-order valence-corrected chi connectivity index (χ1v) is 10.8. The Hall–Kier alpha value is -2.31. The molecule has 1 aliphatic rings. The van der Waals surface area contributed by atoms with Gasteiger partial charge in [0.25, 0.3) is 0 Å². The summed E-state index contributed by atoms with van der Waals surface area (Å²) >= 11 is 0. The number of aryl methyl sites for hydroxylation is 1. The first-order chi connectivity index (χ1) is 14.6. The van der Waals surface area contributed by atoms with Crippen molar-refractivity contribution in [1.29, 1.82) is 0 Å². The summed E-state index contributed by atoms with van der Waals surface area (Å²) in [5.74, 6) is 0.244. The topological polar surface area (TPSA) is 70.4 Å². The molecule has 1 saturated heterocycles. The molecule has 1 aromatic carbocycles. The van der Waals surface area contributed by atoms with E-state index in [1.54, 1.807) is 4.68 Å². The van der Waals surface area contributed by atoms with E-state index in [9.17, 15) is 9.59 Å². The van der Waals surface area contributed by atoms with Gasteiger partial charge in [-0.05, 0) is 44.1 Å². The van der Waals surface area contributed by atoms with Crippen LogP contribution in [0.15, 0.2) is 30.3 Å². The molecule has 30 heavy (non-hydrogen) atoms. The van der Waals surface area contributed by atoms with Crippen LogP contribution in [0.2, 0.25) is 0 Å². The third kappa shape index (κ3) is 5.43. The van der Waals surface area contributed by atoms with Crippen molar-refractivity contribution in [3.05, 3.63) is 52.8 Å². The summed E-state index contributed by atoms with van der Waals surface area (Å²) in [5.41, 5.74) is 3.09. The molecule has 1 aliphatic heterocycles. The van der Waals surface area contributed by atoms with Crippen LogP contribution in [0.5, 0.6) is 0 Å². The van der Waals surface area contributed by atoms with E-state index in [0.717, 1.165) is 29.4 Å². The summed E-state index contributed by atoms with van der Waals surface area (Å²) in [4.78, 5) is 23.9. The van der Waals surface area contributed by atoms with Gasteiger partial charge in [-0.25, -0.2) is 0 Å². The summed E-state index contributed by atoms with van der Waals surface area (Å²) < 4.78 is 13.1. The van der Waals surface area contributed by atoms with Crippen molar-refractivity contribution in [3.8, 4) is 0 Å². The second-order valence-electron chi connectivity index (χ2n) is 8.32. The van der Waals surface area contributed by atoms with Crippen molar-refractivity contribution < 1.29 is 19.1 Å². The summed E-state index contributed by atoms with van der Waals surface area (Å²) in [6, 6.07) is 10.1. The highest BCUT2D eigenvalue weighted by Gasteiger charge is 2.35. The summed E-state index contributed by atoms with van der Waals surface area (Å²) in [7, 11) is 0. The van der Waals surface area contributed by atoms with Crippen LogP contribution in [0.4, 0.5) is 0 Å². The Bertz CT molecular complexity index is 825. The molecule has 3 rings (SSSR count). The summed E-state index contributed by atoms with van der Waals surface area (Å²) in [5, 5.41) is 4.72. The second-order valence-corrected chi connectivity index (χ2v) is 8.32. The molecule has 0 amide bonds. The first kappa shape index (κ1) is 22.4. The number of rotatable bonds is 11. The Labute approximate surface area is 178 Å². The lowest BCUT2D eigenvalue weighted by molar-refractivity contribution is -0.121. The summed E-state index contributed by atoms with van der Waals surface area (Å²) in [6.45, 7) is 7.07. The molecule has 0 saturated carbocycles. The molecular formula is C24H32N2O4. The van der Waals surface area contributed by atoms with Crippen molar-refractivity contribution in [2.75, 3.05) is 19.8 Å². The van der Waals surface area contributed by atoms with Gasteiger partial charge in [0.05, 0.1) is 12.3 Å². The fourth-order valence-corrected chi connectivity index (χ4v) is 4.10. The smallest absolute Gasteiger partial charge is 0.168 e. The number of ether oxygens (including phenoxy) is 2. The Balaban J connectivity index is 1.72. The second kappa shape index (κ2) is 10.6. The third-order valence-corrected chi connectivity index (χ3v) is 5.91. The molecule has 6 heteroatoms. The zero-order valence-corrected chi connectivity index (χ0v) is 18.0. The average Bonchev–Trinajstić information content (AvgIpc) is 3.10. The van der Waals surface area contributed by atoms with Gasteiger partial charge in [0, 0.05) is 37.3 Å². The molecule has 1 unspecified atom stereocenters. The van der Waals surface area contributed by atoms with E-state index in [0.29, 0.717) is 64.3 Å². The Morgan fingerprint density at radius 3 is 2.60 bits per heavy atom. The predicted molar refractivity (Wildman–Crippen MR) is 115 cm³/mol. The lowest BCUT2D eigenvalue weighted by atomic mass is 9.76. The minimum absolute atomic E-state index is 0.244. The van der Waals surface area contributed by atoms with Crippen LogP contribution in [0.25, 0.3) is 0 Å². The molecule has 0 bridgehead atoms. The van der Waals surface area contributed by atoms with E-state index < -0.39 is 5.41 Å². The van der Waals surface area contributed by atoms with Gasteiger partial charge in [0.2, 0.25) is 0 Å². The Kier molecular flexibility index (Phi) is 7.94. The molecule has 6 nitrogen and oxygen atoms in total. The van der Waals surface area contributed by atoms with Crippen molar-refractivity contribution in [2.45, 2.75) is 52.7 Å². The molecule has 1 aromatic heterocycles. The van der Waals surface area contributed by atoms with Crippen LogP contribution < -0.4 is 0 Å². The van der Waals surface area contributed by atoms with Crippen LogP contribution in [0, 0.1) is 11.3 Å². The van der Waals surface area contributed by atoms with E-state index in [1.165, 1.54) is 0 Å². The molecular weight excluding hydrogens is 380 g/mol. The van der Waals surface area contributed by atoms with Gasteiger partial charge < -0.3 is 14.3 Å². The largest absolute Gasteiger partial charge is 0.381 e. The van der Waals surface area contributed by atoms with Gasteiger partial charge in [0.15, 0.2) is 6.29 Å².